The first-order valence-corrected chi connectivity index (χ1v) is 6.15. The van der Waals surface area contributed by atoms with Crippen LogP contribution in [0.3, 0.4) is 0 Å². The van der Waals surface area contributed by atoms with E-state index >= 15 is 0 Å². The maximum absolute atomic E-state index is 13.5. The standard InChI is InChI=1S/C14H13ClFNO2/c1-9(19-11-4-2-3-10(15)7-11)14(18)12-5-6-17-8-13(12)16/h2-9,14,18H,1H3. The fourth-order valence-electron chi connectivity index (χ4n) is 1.70. The molecule has 1 aromatic carbocycles. The van der Waals surface area contributed by atoms with Crippen molar-refractivity contribution in [1.29, 1.82) is 0 Å². The Morgan fingerprint density at radius 2 is 2.16 bits per heavy atom. The van der Waals surface area contributed by atoms with Gasteiger partial charge in [0.2, 0.25) is 0 Å². The van der Waals surface area contributed by atoms with Gasteiger partial charge in [0.05, 0.1) is 6.20 Å². The smallest absolute Gasteiger partial charge is 0.147 e. The molecule has 2 aromatic rings. The second-order valence-electron chi connectivity index (χ2n) is 4.12. The summed E-state index contributed by atoms with van der Waals surface area (Å²) in [6.07, 6.45) is 0.788. The minimum absolute atomic E-state index is 0.157. The van der Waals surface area contributed by atoms with Gasteiger partial charge < -0.3 is 9.84 Å². The predicted molar refractivity (Wildman–Crippen MR) is 70.7 cm³/mol. The predicted octanol–water partition coefficient (Wildman–Crippen LogP) is 3.38. The number of benzene rings is 1. The number of aliphatic hydroxyl groups excluding tert-OH is 1. The molecule has 0 aliphatic heterocycles. The molecule has 2 rings (SSSR count). The van der Waals surface area contributed by atoms with Crippen molar-refractivity contribution in [3.05, 3.63) is 59.1 Å². The van der Waals surface area contributed by atoms with Gasteiger partial charge in [0.15, 0.2) is 0 Å². The van der Waals surface area contributed by atoms with Crippen LogP contribution >= 0.6 is 11.6 Å². The van der Waals surface area contributed by atoms with Crippen molar-refractivity contribution in [2.75, 3.05) is 0 Å². The summed E-state index contributed by atoms with van der Waals surface area (Å²) in [5, 5.41) is 10.6. The molecule has 2 unspecified atom stereocenters. The van der Waals surface area contributed by atoms with Crippen LogP contribution in [0.5, 0.6) is 5.75 Å². The first-order valence-electron chi connectivity index (χ1n) is 5.77. The second kappa shape index (κ2) is 5.99. The van der Waals surface area contributed by atoms with E-state index in [1.165, 1.54) is 12.3 Å². The van der Waals surface area contributed by atoms with Gasteiger partial charge in [0.1, 0.15) is 23.8 Å². The maximum atomic E-state index is 13.5. The van der Waals surface area contributed by atoms with Crippen molar-refractivity contribution >= 4 is 11.6 Å². The Kier molecular flexibility index (Phi) is 4.35. The van der Waals surface area contributed by atoms with E-state index in [1.807, 2.05) is 0 Å². The average Bonchev–Trinajstić information content (AvgIpc) is 2.38. The molecule has 0 fully saturated rings. The topological polar surface area (TPSA) is 42.4 Å². The van der Waals surface area contributed by atoms with Crippen molar-refractivity contribution in [1.82, 2.24) is 4.98 Å². The molecule has 1 N–H and O–H groups in total. The van der Waals surface area contributed by atoms with E-state index in [-0.39, 0.29) is 5.56 Å². The first kappa shape index (κ1) is 13.8. The molecule has 0 amide bonds. The number of aromatic nitrogens is 1. The van der Waals surface area contributed by atoms with Crippen molar-refractivity contribution in [3.63, 3.8) is 0 Å². The summed E-state index contributed by atoms with van der Waals surface area (Å²) in [4.78, 5) is 3.64. The molecule has 0 saturated carbocycles. The molecule has 2 atom stereocenters. The quantitative estimate of drug-likeness (QED) is 0.934. The lowest BCUT2D eigenvalue weighted by molar-refractivity contribution is 0.0442. The van der Waals surface area contributed by atoms with Crippen molar-refractivity contribution in [2.45, 2.75) is 19.1 Å². The van der Waals surface area contributed by atoms with E-state index in [1.54, 1.807) is 31.2 Å². The zero-order valence-electron chi connectivity index (χ0n) is 10.3. The van der Waals surface area contributed by atoms with E-state index < -0.39 is 18.0 Å². The fourth-order valence-corrected chi connectivity index (χ4v) is 1.88. The Morgan fingerprint density at radius 1 is 1.37 bits per heavy atom. The monoisotopic (exact) mass is 281 g/mol. The molecule has 0 spiro atoms. The van der Waals surface area contributed by atoms with Gasteiger partial charge in [-0.2, -0.15) is 0 Å². The number of rotatable bonds is 4. The van der Waals surface area contributed by atoms with Gasteiger partial charge in [-0.3, -0.25) is 4.98 Å². The highest BCUT2D eigenvalue weighted by Crippen LogP contribution is 2.24. The van der Waals surface area contributed by atoms with Crippen LogP contribution in [0.15, 0.2) is 42.7 Å². The normalized spacial score (nSPS) is 13.9. The summed E-state index contributed by atoms with van der Waals surface area (Å²) in [5.74, 6) is -0.0370. The first-order chi connectivity index (χ1) is 9.08. The number of aliphatic hydroxyl groups is 1. The summed E-state index contributed by atoms with van der Waals surface area (Å²) >= 11 is 5.84. The summed E-state index contributed by atoms with van der Waals surface area (Å²) in [6.45, 7) is 1.66. The molecule has 0 bridgehead atoms. The largest absolute Gasteiger partial charge is 0.488 e. The molecular weight excluding hydrogens is 269 g/mol. The Labute approximate surface area is 115 Å². The number of nitrogens with zero attached hydrogens (tertiary/aromatic N) is 1. The Morgan fingerprint density at radius 3 is 2.84 bits per heavy atom. The van der Waals surface area contributed by atoms with E-state index in [9.17, 15) is 9.50 Å². The lowest BCUT2D eigenvalue weighted by atomic mass is 10.1. The molecule has 5 heteroatoms. The van der Waals surface area contributed by atoms with E-state index in [0.717, 1.165) is 6.20 Å². The average molecular weight is 282 g/mol. The molecule has 0 radical (unpaired) electrons. The zero-order valence-corrected chi connectivity index (χ0v) is 11.0. The van der Waals surface area contributed by atoms with Crippen LogP contribution in [0.2, 0.25) is 5.02 Å². The number of pyridine rings is 1. The molecule has 19 heavy (non-hydrogen) atoms. The number of hydrogen-bond acceptors (Lipinski definition) is 3. The third kappa shape index (κ3) is 3.43. The number of hydrogen-bond donors (Lipinski definition) is 1. The molecule has 0 saturated heterocycles. The van der Waals surface area contributed by atoms with Gasteiger partial charge in [0, 0.05) is 16.8 Å². The van der Waals surface area contributed by atoms with Gasteiger partial charge in [0.25, 0.3) is 0 Å². The highest BCUT2D eigenvalue weighted by atomic mass is 35.5. The zero-order chi connectivity index (χ0) is 13.8. The van der Waals surface area contributed by atoms with Crippen molar-refractivity contribution < 1.29 is 14.2 Å². The van der Waals surface area contributed by atoms with Crippen LogP contribution in [0.1, 0.15) is 18.6 Å². The maximum Gasteiger partial charge on any atom is 0.147 e. The highest BCUT2D eigenvalue weighted by molar-refractivity contribution is 6.30. The minimum atomic E-state index is -1.08. The summed E-state index contributed by atoms with van der Waals surface area (Å²) in [5.41, 5.74) is 0.157. The third-order valence-corrected chi connectivity index (χ3v) is 2.92. The molecule has 1 heterocycles. The number of halogens is 2. The Balaban J connectivity index is 2.12. The van der Waals surface area contributed by atoms with Crippen LogP contribution in [0.25, 0.3) is 0 Å². The number of ether oxygens (including phenoxy) is 1. The Bertz CT molecular complexity index is 565. The third-order valence-electron chi connectivity index (χ3n) is 2.69. The summed E-state index contributed by atoms with van der Waals surface area (Å²) < 4.78 is 19.0. The van der Waals surface area contributed by atoms with Crippen molar-refractivity contribution in [2.24, 2.45) is 0 Å². The fraction of sp³-hybridized carbons (Fsp3) is 0.214. The second-order valence-corrected chi connectivity index (χ2v) is 4.56. The van der Waals surface area contributed by atoms with E-state index in [4.69, 9.17) is 16.3 Å². The van der Waals surface area contributed by atoms with Crippen LogP contribution in [-0.2, 0) is 0 Å². The molecule has 0 aliphatic rings. The van der Waals surface area contributed by atoms with Crippen molar-refractivity contribution in [3.8, 4) is 5.75 Å². The SMILES string of the molecule is CC(Oc1cccc(Cl)c1)C(O)c1ccncc1F. The molecule has 1 aromatic heterocycles. The lowest BCUT2D eigenvalue weighted by Gasteiger charge is -2.21. The molecule has 100 valence electrons. The van der Waals surface area contributed by atoms with Gasteiger partial charge in [-0.05, 0) is 31.2 Å². The Hall–Kier alpha value is -1.65. The molecule has 3 nitrogen and oxygen atoms in total. The summed E-state index contributed by atoms with van der Waals surface area (Å²) in [6, 6.07) is 8.24. The lowest BCUT2D eigenvalue weighted by Crippen LogP contribution is -2.22. The van der Waals surface area contributed by atoms with Gasteiger partial charge in [-0.1, -0.05) is 17.7 Å². The molecule has 0 aliphatic carbocycles. The van der Waals surface area contributed by atoms with Gasteiger partial charge in [-0.15, -0.1) is 0 Å². The molecular formula is C14H13ClFNO2. The van der Waals surface area contributed by atoms with Crippen LogP contribution in [0.4, 0.5) is 4.39 Å². The minimum Gasteiger partial charge on any atom is -0.488 e. The van der Waals surface area contributed by atoms with Gasteiger partial charge >= 0.3 is 0 Å². The van der Waals surface area contributed by atoms with Gasteiger partial charge in [-0.25, -0.2) is 4.39 Å². The summed E-state index contributed by atoms with van der Waals surface area (Å²) in [7, 11) is 0. The van der Waals surface area contributed by atoms with Crippen LogP contribution < -0.4 is 4.74 Å². The van der Waals surface area contributed by atoms with E-state index in [2.05, 4.69) is 4.98 Å². The van der Waals surface area contributed by atoms with Crippen LogP contribution in [-0.4, -0.2) is 16.2 Å². The van der Waals surface area contributed by atoms with E-state index in [0.29, 0.717) is 10.8 Å². The highest BCUT2D eigenvalue weighted by Gasteiger charge is 2.21. The van der Waals surface area contributed by atoms with Crippen LogP contribution in [0, 0.1) is 5.82 Å².